The van der Waals surface area contributed by atoms with Gasteiger partial charge in [0.25, 0.3) is 11.5 Å². The van der Waals surface area contributed by atoms with Crippen LogP contribution < -0.4 is 5.56 Å². The monoisotopic (exact) mass is 350 g/mol. The third-order valence-electron chi connectivity index (χ3n) is 4.55. The van der Waals surface area contributed by atoms with Crippen LogP contribution in [0.2, 0.25) is 0 Å². The highest BCUT2D eigenvalue weighted by Crippen LogP contribution is 2.15. The van der Waals surface area contributed by atoms with E-state index in [-0.39, 0.29) is 17.0 Å². The molecule has 1 aromatic carbocycles. The molecule has 6 heteroatoms. The van der Waals surface area contributed by atoms with Crippen LogP contribution in [0.4, 0.5) is 0 Å². The largest absolute Gasteiger partial charge is 0.341 e. The minimum atomic E-state index is -0.376. The van der Waals surface area contributed by atoms with Crippen molar-refractivity contribution in [2.75, 3.05) is 13.6 Å². The number of carbonyl (C=O) groups is 1. The highest BCUT2D eigenvalue weighted by atomic mass is 16.2. The molecule has 0 radical (unpaired) electrons. The zero-order valence-electron chi connectivity index (χ0n) is 15.2. The van der Waals surface area contributed by atoms with Crippen molar-refractivity contribution < 1.29 is 4.79 Å². The average molecular weight is 350 g/mol. The molecule has 2 heterocycles. The molecule has 2 N–H and O–H groups in total. The Morgan fingerprint density at radius 3 is 2.46 bits per heavy atom. The van der Waals surface area contributed by atoms with Gasteiger partial charge in [-0.25, -0.2) is 0 Å². The van der Waals surface area contributed by atoms with E-state index in [2.05, 4.69) is 15.2 Å². The first-order valence-electron chi connectivity index (χ1n) is 8.52. The number of amides is 1. The third-order valence-corrected chi connectivity index (χ3v) is 4.55. The van der Waals surface area contributed by atoms with Crippen molar-refractivity contribution in [1.29, 1.82) is 0 Å². The van der Waals surface area contributed by atoms with E-state index < -0.39 is 0 Å². The van der Waals surface area contributed by atoms with Gasteiger partial charge < -0.3 is 9.88 Å². The van der Waals surface area contributed by atoms with Crippen LogP contribution in [0.25, 0.3) is 11.3 Å². The first-order chi connectivity index (χ1) is 12.5. The molecule has 3 rings (SSSR count). The van der Waals surface area contributed by atoms with E-state index >= 15 is 0 Å². The van der Waals surface area contributed by atoms with Crippen LogP contribution in [0.5, 0.6) is 0 Å². The first-order valence-corrected chi connectivity index (χ1v) is 8.52. The molecule has 0 aliphatic rings. The number of pyridine rings is 1. The molecule has 0 spiro atoms. The Bertz CT molecular complexity index is 953. The Balaban J connectivity index is 1.74. The maximum Gasteiger partial charge on any atom is 0.261 e. The Morgan fingerprint density at radius 1 is 1.12 bits per heavy atom. The predicted octanol–water partition coefficient (Wildman–Crippen LogP) is 2.70. The third kappa shape index (κ3) is 3.59. The van der Waals surface area contributed by atoms with Crippen LogP contribution in [0, 0.1) is 13.8 Å². The molecular formula is C20H22N4O2. The standard InChI is InChI=1S/C20H22N4O2/c1-13-16(14(2)23-22-13)11-12-24(3)20(26)17-9-10-18(21-19(17)25)15-7-5-4-6-8-15/h4-10H,11-12H2,1-3H3,(H,21,25)(H,22,23). The van der Waals surface area contributed by atoms with Gasteiger partial charge >= 0.3 is 0 Å². The van der Waals surface area contributed by atoms with Gasteiger partial charge in [-0.15, -0.1) is 0 Å². The second kappa shape index (κ2) is 7.39. The molecule has 2 aromatic heterocycles. The van der Waals surface area contributed by atoms with E-state index in [9.17, 15) is 9.59 Å². The average Bonchev–Trinajstić information content (AvgIpc) is 2.97. The quantitative estimate of drug-likeness (QED) is 0.742. The van der Waals surface area contributed by atoms with Crippen LogP contribution in [0.15, 0.2) is 47.3 Å². The molecule has 0 saturated heterocycles. The molecule has 0 aliphatic carbocycles. The Kier molecular flexibility index (Phi) is 5.02. The number of hydrogen-bond acceptors (Lipinski definition) is 3. The number of nitrogens with zero attached hydrogens (tertiary/aromatic N) is 2. The molecule has 0 unspecified atom stereocenters. The number of carbonyl (C=O) groups excluding carboxylic acids is 1. The predicted molar refractivity (Wildman–Crippen MR) is 101 cm³/mol. The smallest absolute Gasteiger partial charge is 0.261 e. The van der Waals surface area contributed by atoms with E-state index in [4.69, 9.17) is 0 Å². The highest BCUT2D eigenvalue weighted by molar-refractivity contribution is 5.94. The summed E-state index contributed by atoms with van der Waals surface area (Å²) in [5.74, 6) is -0.287. The summed E-state index contributed by atoms with van der Waals surface area (Å²) in [6.07, 6.45) is 0.691. The fourth-order valence-corrected chi connectivity index (χ4v) is 2.96. The Morgan fingerprint density at radius 2 is 1.85 bits per heavy atom. The van der Waals surface area contributed by atoms with Gasteiger partial charge in [-0.05, 0) is 43.5 Å². The van der Waals surface area contributed by atoms with Gasteiger partial charge in [-0.3, -0.25) is 14.7 Å². The molecule has 134 valence electrons. The summed E-state index contributed by atoms with van der Waals surface area (Å²) in [5.41, 5.74) is 4.42. The molecular weight excluding hydrogens is 328 g/mol. The van der Waals surface area contributed by atoms with Crippen LogP contribution in [0.1, 0.15) is 27.3 Å². The highest BCUT2D eigenvalue weighted by Gasteiger charge is 2.17. The van der Waals surface area contributed by atoms with Crippen molar-refractivity contribution in [2.24, 2.45) is 0 Å². The molecule has 0 fully saturated rings. The fraction of sp³-hybridized carbons (Fsp3) is 0.250. The topological polar surface area (TPSA) is 81.8 Å². The number of rotatable bonds is 5. The van der Waals surface area contributed by atoms with Gasteiger partial charge in [0, 0.05) is 25.0 Å². The van der Waals surface area contributed by atoms with Gasteiger partial charge in [0.2, 0.25) is 0 Å². The number of nitrogens with one attached hydrogen (secondary N) is 2. The number of aromatic nitrogens is 3. The van der Waals surface area contributed by atoms with Crippen molar-refractivity contribution in [3.8, 4) is 11.3 Å². The van der Waals surface area contributed by atoms with E-state index in [0.29, 0.717) is 18.7 Å². The molecule has 26 heavy (non-hydrogen) atoms. The van der Waals surface area contributed by atoms with Crippen LogP contribution in [0.3, 0.4) is 0 Å². The number of H-pyrrole nitrogens is 2. The SMILES string of the molecule is Cc1n[nH]c(C)c1CCN(C)C(=O)c1ccc(-c2ccccc2)[nH]c1=O. The second-order valence-corrected chi connectivity index (χ2v) is 6.37. The van der Waals surface area contributed by atoms with Gasteiger partial charge in [-0.2, -0.15) is 5.10 Å². The summed E-state index contributed by atoms with van der Waals surface area (Å²) in [4.78, 5) is 29.4. The fourth-order valence-electron chi connectivity index (χ4n) is 2.96. The summed E-state index contributed by atoms with van der Waals surface area (Å²) in [6, 6.07) is 12.9. The normalized spacial score (nSPS) is 10.7. The van der Waals surface area contributed by atoms with Crippen molar-refractivity contribution >= 4 is 5.91 Å². The van der Waals surface area contributed by atoms with E-state index in [1.807, 2.05) is 44.2 Å². The Hall–Kier alpha value is -3.15. The number of aryl methyl sites for hydroxylation is 2. The zero-order valence-corrected chi connectivity index (χ0v) is 15.2. The summed E-state index contributed by atoms with van der Waals surface area (Å²) in [6.45, 7) is 4.41. The van der Waals surface area contributed by atoms with Crippen molar-refractivity contribution in [3.05, 3.63) is 75.3 Å². The van der Waals surface area contributed by atoms with Crippen molar-refractivity contribution in [3.63, 3.8) is 0 Å². The lowest BCUT2D eigenvalue weighted by Crippen LogP contribution is -2.33. The van der Waals surface area contributed by atoms with Gasteiger partial charge in [0.15, 0.2) is 0 Å². The van der Waals surface area contributed by atoms with Gasteiger partial charge in [0.1, 0.15) is 5.56 Å². The molecule has 0 aliphatic heterocycles. The summed E-state index contributed by atoms with van der Waals surface area (Å²) >= 11 is 0. The first kappa shape index (κ1) is 17.7. The number of aromatic amines is 2. The van der Waals surface area contributed by atoms with E-state index in [1.54, 1.807) is 24.1 Å². The molecule has 6 nitrogen and oxygen atoms in total. The van der Waals surface area contributed by atoms with E-state index in [1.165, 1.54) is 0 Å². The van der Waals surface area contributed by atoms with E-state index in [0.717, 1.165) is 22.5 Å². The lowest BCUT2D eigenvalue weighted by Gasteiger charge is -2.17. The van der Waals surface area contributed by atoms with Crippen LogP contribution >= 0.6 is 0 Å². The van der Waals surface area contributed by atoms with Gasteiger partial charge in [-0.1, -0.05) is 30.3 Å². The minimum absolute atomic E-state index is 0.146. The van der Waals surface area contributed by atoms with Gasteiger partial charge in [0.05, 0.1) is 5.69 Å². The van der Waals surface area contributed by atoms with Crippen molar-refractivity contribution in [2.45, 2.75) is 20.3 Å². The number of benzene rings is 1. The summed E-state index contributed by atoms with van der Waals surface area (Å²) in [7, 11) is 1.71. The maximum atomic E-state index is 12.6. The Labute approximate surface area is 151 Å². The second-order valence-electron chi connectivity index (χ2n) is 6.37. The number of likely N-dealkylation sites (N-methyl/N-ethyl adjacent to an activating group) is 1. The lowest BCUT2D eigenvalue weighted by atomic mass is 10.1. The number of hydrogen-bond donors (Lipinski definition) is 2. The van der Waals surface area contributed by atoms with Crippen LogP contribution in [-0.4, -0.2) is 39.6 Å². The summed E-state index contributed by atoms with van der Waals surface area (Å²) in [5, 5.41) is 7.11. The summed E-state index contributed by atoms with van der Waals surface area (Å²) < 4.78 is 0. The van der Waals surface area contributed by atoms with Crippen LogP contribution in [-0.2, 0) is 6.42 Å². The minimum Gasteiger partial charge on any atom is -0.341 e. The maximum absolute atomic E-state index is 12.6. The molecule has 0 bridgehead atoms. The molecule has 0 saturated carbocycles. The molecule has 1 amide bonds. The molecule has 0 atom stereocenters. The molecule has 3 aromatic rings. The zero-order chi connectivity index (χ0) is 18.7. The van der Waals surface area contributed by atoms with Crippen molar-refractivity contribution in [1.82, 2.24) is 20.1 Å². The lowest BCUT2D eigenvalue weighted by molar-refractivity contribution is 0.0794.